The topological polar surface area (TPSA) is 228 Å². The molecule has 2 aromatic carbocycles. The molecule has 0 radical (unpaired) electrons. The van der Waals surface area contributed by atoms with E-state index in [4.69, 9.17) is 39.1 Å². The number of likely N-dealkylation sites (N-methyl/N-ethyl adjacent to an activating group) is 2. The number of carbonyl (C=O) groups is 2. The molecule has 11 rings (SSSR count). The lowest BCUT2D eigenvalue weighted by molar-refractivity contribution is 0.0652. The van der Waals surface area contributed by atoms with Crippen LogP contribution in [-0.4, -0.2) is 175 Å². The number of anilines is 4. The predicted molar refractivity (Wildman–Crippen MR) is 281 cm³/mol. The Morgan fingerprint density at radius 2 is 1.20 bits per heavy atom. The van der Waals surface area contributed by atoms with E-state index in [1.54, 1.807) is 30.6 Å². The number of aromatic amines is 2. The number of aliphatic hydroxyl groups is 1. The van der Waals surface area contributed by atoms with Crippen LogP contribution < -0.4 is 20.1 Å². The van der Waals surface area contributed by atoms with E-state index in [2.05, 4.69) is 49.5 Å². The zero-order valence-electron chi connectivity index (χ0n) is 41.5. The van der Waals surface area contributed by atoms with Gasteiger partial charge in [0.05, 0.1) is 54.0 Å². The molecule has 380 valence electrons. The number of fused-ring (bicyclic) bond motifs is 2. The number of amides is 2. The van der Waals surface area contributed by atoms with Crippen molar-refractivity contribution in [3.05, 3.63) is 109 Å². The molecule has 5 N–H and O–H groups in total. The van der Waals surface area contributed by atoms with E-state index in [0.29, 0.717) is 108 Å². The second kappa shape index (κ2) is 21.2. The van der Waals surface area contributed by atoms with Crippen LogP contribution in [0.5, 0.6) is 11.5 Å². The third kappa shape index (κ3) is 11.0. The molecule has 0 saturated carbocycles. The van der Waals surface area contributed by atoms with Crippen LogP contribution in [0.15, 0.2) is 97.3 Å². The van der Waals surface area contributed by atoms with Crippen LogP contribution in [0, 0.1) is 5.92 Å². The molecule has 2 amide bonds. The van der Waals surface area contributed by atoms with Crippen molar-refractivity contribution in [1.29, 1.82) is 0 Å². The number of rotatable bonds is 15. The maximum absolute atomic E-state index is 13.5. The summed E-state index contributed by atoms with van der Waals surface area (Å²) in [6, 6.07) is 26.2. The van der Waals surface area contributed by atoms with Crippen molar-refractivity contribution in [1.82, 2.24) is 59.5 Å². The largest absolute Gasteiger partial charge is 0.493 e. The standard InChI is InChI=1S/C54H58N14O6/c1-33(30-69)31-73-40-27-45(43-9-12-56-53(62-43)57-36-4-6-41-34(22-36)24-49(59-41)51(70)67-17-13-65(2)14-18-67)61-46(28-40)48-29-47(44-26-38(8-11-55-44)74-39-10-21-72-32-39)63-54(64-48)58-37-5-7-42-35(23-37)25-50(60-42)52(71)68-19-15-66(3)16-20-68/h4-9,11-12,22-29,33,39,59-60,69H,10,13-21,30-32H2,1-3H3,(H,56,57,62)(H,58,63,64). The smallest absolute Gasteiger partial charge is 0.270 e. The lowest BCUT2D eigenvalue weighted by Gasteiger charge is -2.32. The molecule has 0 bridgehead atoms. The van der Waals surface area contributed by atoms with E-state index < -0.39 is 0 Å². The summed E-state index contributed by atoms with van der Waals surface area (Å²) in [6.07, 6.45) is 4.07. The molecule has 3 aliphatic rings. The minimum absolute atomic E-state index is 0.0138. The van der Waals surface area contributed by atoms with E-state index in [1.807, 2.05) is 83.5 Å². The molecular weight excluding hydrogens is 941 g/mol. The summed E-state index contributed by atoms with van der Waals surface area (Å²) >= 11 is 0. The van der Waals surface area contributed by atoms with Gasteiger partial charge in [0, 0.05) is 135 Å². The van der Waals surface area contributed by atoms with Crippen molar-refractivity contribution in [2.45, 2.75) is 19.4 Å². The van der Waals surface area contributed by atoms with Crippen molar-refractivity contribution in [2.75, 3.05) is 104 Å². The monoisotopic (exact) mass is 998 g/mol. The third-order valence-electron chi connectivity index (χ3n) is 13.5. The highest BCUT2D eigenvalue weighted by molar-refractivity contribution is 6.00. The molecule has 0 aliphatic carbocycles. The molecule has 3 fully saturated rings. The number of nitrogens with zero attached hydrogens (tertiary/aromatic N) is 10. The first-order chi connectivity index (χ1) is 36.0. The highest BCUT2D eigenvalue weighted by Gasteiger charge is 2.25. The van der Waals surface area contributed by atoms with Crippen LogP contribution in [-0.2, 0) is 4.74 Å². The fraction of sp³-hybridized carbons (Fsp3) is 0.333. The maximum atomic E-state index is 13.5. The second-order valence-corrected chi connectivity index (χ2v) is 19.3. The molecule has 2 unspecified atom stereocenters. The van der Waals surface area contributed by atoms with Crippen LogP contribution >= 0.6 is 0 Å². The van der Waals surface area contributed by atoms with E-state index >= 15 is 0 Å². The van der Waals surface area contributed by atoms with Gasteiger partial charge in [0.25, 0.3) is 11.8 Å². The van der Waals surface area contributed by atoms with Gasteiger partial charge in [-0.2, -0.15) is 0 Å². The third-order valence-corrected chi connectivity index (χ3v) is 13.5. The fourth-order valence-corrected chi connectivity index (χ4v) is 9.16. The SMILES string of the molecule is CC(CO)COc1cc(-c2ccnc(Nc3ccc4[nH]c(C(=O)N5CCN(C)CC5)cc4c3)n2)nc(-c2cc(-c3cc(OC4CCOC4)ccn3)nc(Nc3ccc4[nH]c(C(=O)N5CCN(C)CC5)cc4c3)n2)c1. The first kappa shape index (κ1) is 48.2. The number of aromatic nitrogens is 8. The quantitative estimate of drug-likeness (QED) is 0.0743. The summed E-state index contributed by atoms with van der Waals surface area (Å²) in [6.45, 7) is 9.32. The van der Waals surface area contributed by atoms with Crippen LogP contribution in [0.25, 0.3) is 56.0 Å². The molecule has 9 heterocycles. The minimum Gasteiger partial charge on any atom is -0.493 e. The van der Waals surface area contributed by atoms with Gasteiger partial charge in [-0.15, -0.1) is 0 Å². The molecule has 3 aliphatic heterocycles. The van der Waals surface area contributed by atoms with Gasteiger partial charge < -0.3 is 59.5 Å². The summed E-state index contributed by atoms with van der Waals surface area (Å²) in [5, 5.41) is 18.4. The predicted octanol–water partition coefficient (Wildman–Crippen LogP) is 6.46. The summed E-state index contributed by atoms with van der Waals surface area (Å²) < 4.78 is 18.2. The molecule has 0 spiro atoms. The number of hydrogen-bond donors (Lipinski definition) is 5. The van der Waals surface area contributed by atoms with Crippen LogP contribution in [0.2, 0.25) is 0 Å². The van der Waals surface area contributed by atoms with Crippen molar-refractivity contribution >= 4 is 56.9 Å². The Hall–Kier alpha value is -8.04. The fourth-order valence-electron chi connectivity index (χ4n) is 9.16. The van der Waals surface area contributed by atoms with Crippen molar-refractivity contribution < 1.29 is 28.9 Å². The molecule has 20 heteroatoms. The number of pyridine rings is 2. The van der Waals surface area contributed by atoms with Gasteiger partial charge in [-0.3, -0.25) is 14.6 Å². The second-order valence-electron chi connectivity index (χ2n) is 19.3. The Morgan fingerprint density at radius 3 is 1.81 bits per heavy atom. The average Bonchev–Trinajstić information content (AvgIpc) is 4.21. The molecule has 2 atom stereocenters. The lowest BCUT2D eigenvalue weighted by Crippen LogP contribution is -2.47. The Bertz CT molecular complexity index is 3320. The van der Waals surface area contributed by atoms with Gasteiger partial charge in [0.1, 0.15) is 29.0 Å². The lowest BCUT2D eigenvalue weighted by atomic mass is 10.1. The maximum Gasteiger partial charge on any atom is 0.270 e. The summed E-state index contributed by atoms with van der Waals surface area (Å²) in [4.78, 5) is 71.0. The first-order valence-electron chi connectivity index (χ1n) is 25.0. The molecule has 3 saturated heterocycles. The van der Waals surface area contributed by atoms with Crippen molar-refractivity contribution in [2.24, 2.45) is 5.92 Å². The Kier molecular flexibility index (Phi) is 13.8. The van der Waals surface area contributed by atoms with Gasteiger partial charge in [-0.05, 0) is 80.8 Å². The number of benzene rings is 2. The zero-order chi connectivity index (χ0) is 50.7. The van der Waals surface area contributed by atoms with E-state index in [0.717, 1.165) is 60.1 Å². The summed E-state index contributed by atoms with van der Waals surface area (Å²) in [5.41, 5.74) is 7.14. The average molecular weight is 999 g/mol. The minimum atomic E-state index is -0.139. The number of H-pyrrole nitrogens is 2. The van der Waals surface area contributed by atoms with E-state index in [9.17, 15) is 14.7 Å². The number of hydrogen-bond acceptors (Lipinski definition) is 16. The highest BCUT2D eigenvalue weighted by atomic mass is 16.5. The van der Waals surface area contributed by atoms with Crippen molar-refractivity contribution in [3.8, 4) is 45.7 Å². The number of nitrogens with one attached hydrogen (secondary N) is 4. The van der Waals surface area contributed by atoms with Crippen LogP contribution in [0.3, 0.4) is 0 Å². The van der Waals surface area contributed by atoms with Crippen LogP contribution in [0.1, 0.15) is 34.3 Å². The van der Waals surface area contributed by atoms with Gasteiger partial charge >= 0.3 is 0 Å². The van der Waals surface area contributed by atoms with Gasteiger partial charge in [0.2, 0.25) is 11.9 Å². The first-order valence-corrected chi connectivity index (χ1v) is 25.0. The number of aliphatic hydroxyl groups excluding tert-OH is 1. The number of carbonyl (C=O) groups excluding carboxylic acids is 2. The summed E-state index contributed by atoms with van der Waals surface area (Å²) in [7, 11) is 4.13. The molecule has 8 aromatic rings. The number of ether oxygens (including phenoxy) is 3. The van der Waals surface area contributed by atoms with E-state index in [1.165, 1.54) is 0 Å². The van der Waals surface area contributed by atoms with Gasteiger partial charge in [-0.1, -0.05) is 6.92 Å². The molecular formula is C54H58N14O6. The number of piperazine rings is 2. The Balaban J connectivity index is 0.918. The Morgan fingerprint density at radius 1 is 0.649 bits per heavy atom. The normalized spacial score (nSPS) is 16.9. The molecule has 74 heavy (non-hydrogen) atoms. The van der Waals surface area contributed by atoms with Gasteiger partial charge in [0.15, 0.2) is 0 Å². The molecule has 20 nitrogen and oxygen atoms in total. The van der Waals surface area contributed by atoms with Crippen molar-refractivity contribution in [3.63, 3.8) is 0 Å². The highest BCUT2D eigenvalue weighted by Crippen LogP contribution is 2.33. The van der Waals surface area contributed by atoms with E-state index in [-0.39, 0.29) is 43.0 Å². The van der Waals surface area contributed by atoms with Crippen LogP contribution in [0.4, 0.5) is 23.3 Å². The van der Waals surface area contributed by atoms with Gasteiger partial charge in [-0.25, -0.2) is 24.9 Å². The Labute approximate surface area is 427 Å². The molecule has 6 aromatic heterocycles. The zero-order valence-corrected chi connectivity index (χ0v) is 41.5. The summed E-state index contributed by atoms with van der Waals surface area (Å²) in [5.74, 6) is 1.54.